The van der Waals surface area contributed by atoms with Crippen molar-refractivity contribution in [2.45, 2.75) is 13.5 Å². The van der Waals surface area contributed by atoms with E-state index in [-0.39, 0.29) is 24.8 Å². The van der Waals surface area contributed by atoms with Crippen molar-refractivity contribution >= 4 is 36.2 Å². The number of aryl methyl sites for hydroxylation is 1. The zero-order valence-electron chi connectivity index (χ0n) is 12.0. The summed E-state index contributed by atoms with van der Waals surface area (Å²) in [5.41, 5.74) is 3.79. The maximum Gasteiger partial charge on any atom is 0.123 e. The minimum Gasteiger partial charge on any atom is -0.314 e. The first-order chi connectivity index (χ1) is 9.33. The molecular formula is C15H21Cl2N3S. The number of rotatable bonds is 3. The Morgan fingerprint density at radius 2 is 1.90 bits per heavy atom. The fourth-order valence-corrected chi connectivity index (χ4v) is 3.31. The van der Waals surface area contributed by atoms with Gasteiger partial charge in [-0.25, -0.2) is 4.98 Å². The van der Waals surface area contributed by atoms with Crippen LogP contribution in [-0.2, 0) is 6.54 Å². The van der Waals surface area contributed by atoms with Crippen LogP contribution < -0.4 is 5.32 Å². The fourth-order valence-electron chi connectivity index (χ4n) is 2.45. The number of aromatic nitrogens is 1. The van der Waals surface area contributed by atoms with Gasteiger partial charge < -0.3 is 5.32 Å². The summed E-state index contributed by atoms with van der Waals surface area (Å²) in [5.74, 6) is 0. The van der Waals surface area contributed by atoms with E-state index in [4.69, 9.17) is 0 Å². The zero-order chi connectivity index (χ0) is 13.1. The molecule has 2 aromatic rings. The summed E-state index contributed by atoms with van der Waals surface area (Å²) in [5, 5.41) is 6.66. The molecule has 1 N–H and O–H groups in total. The second kappa shape index (κ2) is 8.71. The van der Waals surface area contributed by atoms with Crippen molar-refractivity contribution in [1.29, 1.82) is 0 Å². The quantitative estimate of drug-likeness (QED) is 0.924. The molecule has 0 bridgehead atoms. The Morgan fingerprint density at radius 3 is 2.57 bits per heavy atom. The summed E-state index contributed by atoms with van der Waals surface area (Å²) >= 11 is 1.74. The van der Waals surface area contributed by atoms with E-state index >= 15 is 0 Å². The molecule has 0 spiro atoms. The summed E-state index contributed by atoms with van der Waals surface area (Å²) in [6.07, 6.45) is 0. The van der Waals surface area contributed by atoms with E-state index in [1.165, 1.54) is 11.1 Å². The van der Waals surface area contributed by atoms with Gasteiger partial charge in [-0.2, -0.15) is 0 Å². The number of nitrogens with zero attached hydrogens (tertiary/aromatic N) is 2. The van der Waals surface area contributed by atoms with Crippen molar-refractivity contribution in [3.8, 4) is 10.6 Å². The van der Waals surface area contributed by atoms with Gasteiger partial charge in [-0.05, 0) is 12.5 Å². The third kappa shape index (κ3) is 4.66. The lowest BCUT2D eigenvalue weighted by atomic mass is 10.1. The Hall–Kier alpha value is -0.650. The van der Waals surface area contributed by atoms with Crippen LogP contribution in [0.4, 0.5) is 0 Å². The monoisotopic (exact) mass is 345 g/mol. The minimum atomic E-state index is 0. The van der Waals surface area contributed by atoms with Gasteiger partial charge in [0.1, 0.15) is 5.01 Å². The van der Waals surface area contributed by atoms with E-state index in [1.807, 2.05) is 0 Å². The second-order valence-electron chi connectivity index (χ2n) is 4.98. The Labute approximate surface area is 142 Å². The van der Waals surface area contributed by atoms with Crippen molar-refractivity contribution < 1.29 is 0 Å². The number of hydrogen-bond donors (Lipinski definition) is 1. The van der Waals surface area contributed by atoms with Crippen molar-refractivity contribution in [3.63, 3.8) is 0 Å². The van der Waals surface area contributed by atoms with E-state index < -0.39 is 0 Å². The molecular weight excluding hydrogens is 325 g/mol. The van der Waals surface area contributed by atoms with Crippen LogP contribution in [0.1, 0.15) is 11.3 Å². The predicted octanol–water partition coefficient (Wildman–Crippen LogP) is 3.37. The molecule has 0 unspecified atom stereocenters. The minimum absolute atomic E-state index is 0. The van der Waals surface area contributed by atoms with Crippen molar-refractivity contribution in [3.05, 3.63) is 40.9 Å². The van der Waals surface area contributed by atoms with Crippen molar-refractivity contribution in [1.82, 2.24) is 15.2 Å². The van der Waals surface area contributed by atoms with E-state index in [0.29, 0.717) is 0 Å². The molecule has 1 aromatic heterocycles. The third-order valence-corrected chi connectivity index (χ3v) is 4.46. The Bertz CT molecular complexity index is 553. The second-order valence-corrected chi connectivity index (χ2v) is 5.84. The molecule has 3 nitrogen and oxygen atoms in total. The molecule has 0 atom stereocenters. The van der Waals surface area contributed by atoms with Gasteiger partial charge in [-0.3, -0.25) is 4.90 Å². The van der Waals surface area contributed by atoms with Gasteiger partial charge in [0, 0.05) is 49.4 Å². The molecule has 0 radical (unpaired) electrons. The highest BCUT2D eigenvalue weighted by atomic mass is 35.5. The number of benzene rings is 1. The van der Waals surface area contributed by atoms with E-state index in [1.54, 1.807) is 11.3 Å². The Kier molecular flexibility index (Phi) is 7.63. The first-order valence-electron chi connectivity index (χ1n) is 6.76. The summed E-state index contributed by atoms with van der Waals surface area (Å²) in [6, 6.07) is 8.65. The van der Waals surface area contributed by atoms with Gasteiger partial charge in [-0.15, -0.1) is 36.2 Å². The number of nitrogens with one attached hydrogen (secondary N) is 1. The molecule has 0 amide bonds. The van der Waals surface area contributed by atoms with Gasteiger partial charge in [0.25, 0.3) is 0 Å². The molecule has 1 fully saturated rings. The third-order valence-electron chi connectivity index (χ3n) is 3.47. The Morgan fingerprint density at radius 1 is 1.19 bits per heavy atom. The predicted molar refractivity (Wildman–Crippen MR) is 94.9 cm³/mol. The van der Waals surface area contributed by atoms with Crippen molar-refractivity contribution in [2.24, 2.45) is 0 Å². The topological polar surface area (TPSA) is 28.2 Å². The van der Waals surface area contributed by atoms with Crippen LogP contribution in [0.25, 0.3) is 10.6 Å². The van der Waals surface area contributed by atoms with Crippen molar-refractivity contribution in [2.75, 3.05) is 26.2 Å². The van der Waals surface area contributed by atoms with E-state index in [2.05, 4.69) is 51.8 Å². The average Bonchev–Trinajstić information content (AvgIpc) is 2.87. The first kappa shape index (κ1) is 18.4. The molecule has 6 heteroatoms. The molecule has 1 aliphatic heterocycles. The molecule has 21 heavy (non-hydrogen) atoms. The lowest BCUT2D eigenvalue weighted by Crippen LogP contribution is -2.42. The molecule has 2 heterocycles. The fraction of sp³-hybridized carbons (Fsp3) is 0.400. The molecule has 3 rings (SSSR count). The van der Waals surface area contributed by atoms with Gasteiger partial charge in [0.2, 0.25) is 0 Å². The van der Waals surface area contributed by atoms with E-state index in [0.717, 1.165) is 43.4 Å². The van der Waals surface area contributed by atoms with Gasteiger partial charge in [0.05, 0.1) is 0 Å². The highest BCUT2D eigenvalue weighted by Gasteiger charge is 2.13. The maximum absolute atomic E-state index is 4.62. The lowest BCUT2D eigenvalue weighted by Gasteiger charge is -2.27. The average molecular weight is 346 g/mol. The van der Waals surface area contributed by atoms with Gasteiger partial charge >= 0.3 is 0 Å². The van der Waals surface area contributed by atoms with Gasteiger partial charge in [-0.1, -0.05) is 24.3 Å². The molecule has 1 saturated heterocycles. The highest BCUT2D eigenvalue weighted by Crippen LogP contribution is 2.27. The maximum atomic E-state index is 4.62. The van der Waals surface area contributed by atoms with Crippen LogP contribution in [-0.4, -0.2) is 36.1 Å². The number of hydrogen-bond acceptors (Lipinski definition) is 4. The SMILES string of the molecule is Cc1csc(-c2ccccc2CN2CCNCC2)n1.Cl.Cl. The normalized spacial score (nSPS) is 15.1. The summed E-state index contributed by atoms with van der Waals surface area (Å²) in [6.45, 7) is 7.53. The lowest BCUT2D eigenvalue weighted by molar-refractivity contribution is 0.233. The summed E-state index contributed by atoms with van der Waals surface area (Å²) < 4.78 is 0. The summed E-state index contributed by atoms with van der Waals surface area (Å²) in [7, 11) is 0. The summed E-state index contributed by atoms with van der Waals surface area (Å²) in [4.78, 5) is 7.13. The Balaban J connectivity index is 0.00000110. The molecule has 0 saturated carbocycles. The number of piperazine rings is 1. The molecule has 0 aliphatic carbocycles. The smallest absolute Gasteiger partial charge is 0.123 e. The highest BCUT2D eigenvalue weighted by molar-refractivity contribution is 7.13. The standard InChI is InChI=1S/C15H19N3S.2ClH/c1-12-11-19-15(17-12)14-5-3-2-4-13(14)10-18-8-6-16-7-9-18;;/h2-5,11,16H,6-10H2,1H3;2*1H. The van der Waals surface area contributed by atoms with Crippen LogP contribution in [0.2, 0.25) is 0 Å². The van der Waals surface area contributed by atoms with Crippen LogP contribution in [0.5, 0.6) is 0 Å². The first-order valence-corrected chi connectivity index (χ1v) is 7.64. The zero-order valence-corrected chi connectivity index (χ0v) is 14.5. The molecule has 116 valence electrons. The number of thiazole rings is 1. The largest absolute Gasteiger partial charge is 0.314 e. The van der Waals surface area contributed by atoms with E-state index in [9.17, 15) is 0 Å². The molecule has 1 aliphatic rings. The van der Waals surface area contributed by atoms with Crippen LogP contribution >= 0.6 is 36.2 Å². The number of halogens is 2. The van der Waals surface area contributed by atoms with Crippen LogP contribution in [0.3, 0.4) is 0 Å². The van der Waals surface area contributed by atoms with Gasteiger partial charge in [0.15, 0.2) is 0 Å². The molecule has 1 aromatic carbocycles. The van der Waals surface area contributed by atoms with Crippen LogP contribution in [0, 0.1) is 6.92 Å². The van der Waals surface area contributed by atoms with Crippen LogP contribution in [0.15, 0.2) is 29.6 Å².